The molecule has 0 spiro atoms. The van der Waals surface area contributed by atoms with Crippen molar-refractivity contribution in [1.29, 1.82) is 0 Å². The van der Waals surface area contributed by atoms with Gasteiger partial charge in [-0.15, -0.1) is 0 Å². The molecule has 0 N–H and O–H groups in total. The molecule has 3 aromatic heterocycles. The van der Waals surface area contributed by atoms with Crippen molar-refractivity contribution in [3.05, 3.63) is 72.7 Å². The zero-order chi connectivity index (χ0) is 17.1. The van der Waals surface area contributed by atoms with Crippen LogP contribution in [0.4, 0.5) is 0 Å². The van der Waals surface area contributed by atoms with Crippen LogP contribution in [0.3, 0.4) is 0 Å². The highest BCUT2D eigenvalue weighted by Gasteiger charge is 2.35. The lowest BCUT2D eigenvalue weighted by atomic mass is 10.1. The summed E-state index contributed by atoms with van der Waals surface area (Å²) in [5.74, 6) is 1.53. The van der Waals surface area contributed by atoms with Crippen molar-refractivity contribution in [2.75, 3.05) is 5.75 Å². The summed E-state index contributed by atoms with van der Waals surface area (Å²) in [5.41, 5.74) is 0.739. The predicted molar refractivity (Wildman–Crippen MR) is 93.1 cm³/mol. The quantitative estimate of drug-likeness (QED) is 0.654. The van der Waals surface area contributed by atoms with Crippen LogP contribution >= 0.6 is 11.8 Å². The van der Waals surface area contributed by atoms with Gasteiger partial charge in [0.05, 0.1) is 23.3 Å². The van der Waals surface area contributed by atoms with Gasteiger partial charge in [-0.2, -0.15) is 5.10 Å². The van der Waals surface area contributed by atoms with Gasteiger partial charge in [-0.25, -0.2) is 9.99 Å². The van der Waals surface area contributed by atoms with Gasteiger partial charge in [-0.05, 0) is 36.4 Å². The van der Waals surface area contributed by atoms with E-state index in [1.54, 1.807) is 24.8 Å². The number of aromatic nitrogens is 1. The number of thioether (sulfide) groups is 1. The Labute approximate surface area is 148 Å². The van der Waals surface area contributed by atoms with E-state index in [0.717, 1.165) is 10.7 Å². The van der Waals surface area contributed by atoms with Crippen molar-refractivity contribution in [3.8, 4) is 0 Å². The molecule has 4 rings (SSSR count). The lowest BCUT2D eigenvalue weighted by Gasteiger charge is -2.19. The van der Waals surface area contributed by atoms with E-state index in [1.165, 1.54) is 16.8 Å². The maximum Gasteiger partial charge on any atom is 0.253 e. The minimum atomic E-state index is -0.257. The van der Waals surface area contributed by atoms with E-state index in [1.807, 2.05) is 36.4 Å². The minimum absolute atomic E-state index is 0.0985. The summed E-state index contributed by atoms with van der Waals surface area (Å²) in [5, 5.41) is 6.79. The van der Waals surface area contributed by atoms with Crippen LogP contribution in [0.5, 0.6) is 0 Å². The van der Waals surface area contributed by atoms with Crippen LogP contribution in [-0.4, -0.2) is 27.4 Å². The molecule has 25 heavy (non-hydrogen) atoms. The Morgan fingerprint density at radius 1 is 1.16 bits per heavy atom. The van der Waals surface area contributed by atoms with Crippen LogP contribution < -0.4 is 0 Å². The zero-order valence-corrected chi connectivity index (χ0v) is 14.1. The van der Waals surface area contributed by atoms with Gasteiger partial charge >= 0.3 is 0 Å². The fraction of sp³-hybridized carbons (Fsp3) is 0.167. The van der Waals surface area contributed by atoms with Crippen LogP contribution in [0.1, 0.15) is 24.0 Å². The zero-order valence-electron chi connectivity index (χ0n) is 13.2. The van der Waals surface area contributed by atoms with Crippen LogP contribution in [-0.2, 0) is 4.79 Å². The normalized spacial score (nSPS) is 16.9. The SMILES string of the molecule is O=C(CSc1ccccn1)N1N=C(c2ccco2)CC1c1ccco1. The van der Waals surface area contributed by atoms with Crippen molar-refractivity contribution < 1.29 is 13.6 Å². The maximum absolute atomic E-state index is 12.7. The summed E-state index contributed by atoms with van der Waals surface area (Å²) in [7, 11) is 0. The third-order valence-electron chi connectivity index (χ3n) is 3.82. The number of amides is 1. The molecule has 6 nitrogen and oxygen atoms in total. The molecule has 1 amide bonds. The molecule has 0 saturated heterocycles. The second-order valence-corrected chi connectivity index (χ2v) is 6.45. The number of hydrogen-bond donors (Lipinski definition) is 0. The third kappa shape index (κ3) is 3.36. The van der Waals surface area contributed by atoms with E-state index in [4.69, 9.17) is 8.83 Å². The monoisotopic (exact) mass is 353 g/mol. The largest absolute Gasteiger partial charge is 0.467 e. The summed E-state index contributed by atoms with van der Waals surface area (Å²) in [6.07, 6.45) is 5.47. The van der Waals surface area contributed by atoms with Crippen molar-refractivity contribution in [2.45, 2.75) is 17.5 Å². The molecule has 126 valence electrons. The number of nitrogens with zero attached hydrogens (tertiary/aromatic N) is 3. The Kier molecular flexibility index (Phi) is 4.39. The number of pyridine rings is 1. The molecule has 1 atom stereocenters. The highest BCUT2D eigenvalue weighted by Crippen LogP contribution is 2.33. The Morgan fingerprint density at radius 3 is 2.76 bits per heavy atom. The highest BCUT2D eigenvalue weighted by molar-refractivity contribution is 7.99. The third-order valence-corrected chi connectivity index (χ3v) is 4.75. The molecule has 1 aliphatic heterocycles. The summed E-state index contributed by atoms with van der Waals surface area (Å²) < 4.78 is 10.9. The van der Waals surface area contributed by atoms with Gasteiger partial charge in [0.15, 0.2) is 0 Å². The molecule has 1 aliphatic rings. The van der Waals surface area contributed by atoms with E-state index >= 15 is 0 Å². The van der Waals surface area contributed by atoms with Gasteiger partial charge in [-0.3, -0.25) is 4.79 Å². The topological polar surface area (TPSA) is 71.8 Å². The highest BCUT2D eigenvalue weighted by atomic mass is 32.2. The van der Waals surface area contributed by atoms with Gasteiger partial charge < -0.3 is 8.83 Å². The maximum atomic E-state index is 12.7. The number of hydrazone groups is 1. The number of furan rings is 2. The number of rotatable bonds is 5. The van der Waals surface area contributed by atoms with E-state index in [9.17, 15) is 4.79 Å². The van der Waals surface area contributed by atoms with Gasteiger partial charge in [0.1, 0.15) is 23.3 Å². The Hall–Kier alpha value is -2.80. The lowest BCUT2D eigenvalue weighted by Crippen LogP contribution is -2.28. The first kappa shape index (κ1) is 15.7. The second-order valence-electron chi connectivity index (χ2n) is 5.45. The predicted octanol–water partition coefficient (Wildman–Crippen LogP) is 3.74. The van der Waals surface area contributed by atoms with Crippen molar-refractivity contribution in [2.24, 2.45) is 5.10 Å². The van der Waals surface area contributed by atoms with Crippen molar-refractivity contribution in [1.82, 2.24) is 9.99 Å². The second kappa shape index (κ2) is 6.98. The summed E-state index contributed by atoms with van der Waals surface area (Å²) >= 11 is 1.39. The summed E-state index contributed by atoms with van der Waals surface area (Å²) in [4.78, 5) is 17.0. The van der Waals surface area contributed by atoms with E-state index < -0.39 is 0 Å². The molecular formula is C18H15N3O3S. The van der Waals surface area contributed by atoms with E-state index in [2.05, 4.69) is 10.1 Å². The average molecular weight is 353 g/mol. The number of carbonyl (C=O) groups excluding carboxylic acids is 1. The lowest BCUT2D eigenvalue weighted by molar-refractivity contribution is -0.130. The molecule has 0 radical (unpaired) electrons. The fourth-order valence-electron chi connectivity index (χ4n) is 2.67. The number of carbonyl (C=O) groups is 1. The minimum Gasteiger partial charge on any atom is -0.467 e. The fourth-order valence-corrected chi connectivity index (χ4v) is 3.38. The molecule has 0 saturated carbocycles. The molecule has 7 heteroatoms. The first-order valence-corrected chi connectivity index (χ1v) is 8.80. The van der Waals surface area contributed by atoms with Gasteiger partial charge in [0.25, 0.3) is 5.91 Å². The summed E-state index contributed by atoms with van der Waals surface area (Å²) in [6, 6.07) is 12.7. The van der Waals surface area contributed by atoms with Crippen molar-refractivity contribution >= 4 is 23.4 Å². The molecule has 0 aromatic carbocycles. The number of hydrogen-bond acceptors (Lipinski definition) is 6. The molecule has 1 unspecified atom stereocenters. The van der Waals surface area contributed by atoms with Gasteiger partial charge in [0, 0.05) is 12.6 Å². The molecule has 3 aromatic rings. The molecule has 0 aliphatic carbocycles. The van der Waals surface area contributed by atoms with E-state index in [0.29, 0.717) is 17.9 Å². The van der Waals surface area contributed by atoms with Crippen LogP contribution in [0.15, 0.2) is 80.1 Å². The van der Waals surface area contributed by atoms with Crippen LogP contribution in [0.2, 0.25) is 0 Å². The molecule has 0 bridgehead atoms. The molecule has 4 heterocycles. The van der Waals surface area contributed by atoms with E-state index in [-0.39, 0.29) is 17.7 Å². The summed E-state index contributed by atoms with van der Waals surface area (Å²) in [6.45, 7) is 0. The van der Waals surface area contributed by atoms with Crippen LogP contribution in [0, 0.1) is 0 Å². The Bertz CT molecular complexity index is 860. The Balaban J connectivity index is 1.54. The smallest absolute Gasteiger partial charge is 0.253 e. The van der Waals surface area contributed by atoms with Crippen molar-refractivity contribution in [3.63, 3.8) is 0 Å². The van der Waals surface area contributed by atoms with Crippen LogP contribution in [0.25, 0.3) is 0 Å². The average Bonchev–Trinajstić information content (AvgIpc) is 3.40. The molecular weight excluding hydrogens is 338 g/mol. The first-order chi connectivity index (χ1) is 12.3. The van der Waals surface area contributed by atoms with Gasteiger partial charge in [0.2, 0.25) is 0 Å². The van der Waals surface area contributed by atoms with Gasteiger partial charge in [-0.1, -0.05) is 17.8 Å². The standard InChI is InChI=1S/C18H15N3O3S/c22-18(12-25-17-7-1-2-8-19-17)21-14(16-6-4-10-24-16)11-13(20-21)15-5-3-9-23-15/h1-10,14H,11-12H2. The Morgan fingerprint density at radius 2 is 2.04 bits per heavy atom. The molecule has 0 fully saturated rings. The first-order valence-electron chi connectivity index (χ1n) is 7.82.